The summed E-state index contributed by atoms with van der Waals surface area (Å²) in [5, 5.41) is 27.0. The van der Waals surface area contributed by atoms with Crippen LogP contribution >= 0.6 is 0 Å². The zero-order chi connectivity index (χ0) is 31.2. The first kappa shape index (κ1) is 30.6. The molecule has 3 atom stereocenters. The van der Waals surface area contributed by atoms with E-state index in [0.717, 1.165) is 17.2 Å². The van der Waals surface area contributed by atoms with Crippen molar-refractivity contribution in [2.24, 2.45) is 11.8 Å². The smallest absolute Gasteiger partial charge is 0.369 e. The molecule has 2 amide bonds. The molecule has 3 aromatic heterocycles. The van der Waals surface area contributed by atoms with Gasteiger partial charge in [-0.1, -0.05) is 0 Å². The van der Waals surface area contributed by atoms with Crippen LogP contribution in [-0.2, 0) is 11.3 Å². The summed E-state index contributed by atoms with van der Waals surface area (Å²) in [6.45, 7) is -0.170. The van der Waals surface area contributed by atoms with Crippen LogP contribution in [0.25, 0.3) is 5.65 Å². The van der Waals surface area contributed by atoms with Crippen LogP contribution < -0.4 is 10.6 Å². The van der Waals surface area contributed by atoms with Gasteiger partial charge in [-0.15, -0.1) is 5.10 Å². The topological polar surface area (TPSA) is 139 Å². The van der Waals surface area contributed by atoms with Crippen molar-refractivity contribution in [1.29, 1.82) is 0 Å². The van der Waals surface area contributed by atoms with E-state index in [0.29, 0.717) is 0 Å². The van der Waals surface area contributed by atoms with Crippen LogP contribution in [0.3, 0.4) is 0 Å². The van der Waals surface area contributed by atoms with Gasteiger partial charge in [0.25, 0.3) is 11.8 Å². The maximum atomic E-state index is 13.9. The summed E-state index contributed by atoms with van der Waals surface area (Å²) in [7, 11) is 0. The summed E-state index contributed by atoms with van der Waals surface area (Å²) in [4.78, 5) is 30.3. The lowest BCUT2D eigenvalue weighted by Gasteiger charge is -2.33. The Morgan fingerprint density at radius 1 is 1.09 bits per heavy atom. The number of aliphatic hydroxyl groups excluding tert-OH is 1. The van der Waals surface area contributed by atoms with Crippen LogP contribution in [0.5, 0.6) is 0 Å². The van der Waals surface area contributed by atoms with Crippen molar-refractivity contribution in [1.82, 2.24) is 40.2 Å². The van der Waals surface area contributed by atoms with E-state index in [1.165, 1.54) is 16.8 Å². The molecule has 43 heavy (non-hydrogen) atoms. The van der Waals surface area contributed by atoms with Crippen molar-refractivity contribution < 1.29 is 45.4 Å². The number of amides is 2. The zero-order valence-corrected chi connectivity index (χ0v) is 22.4. The number of imidazole rings is 1. The first-order valence-electron chi connectivity index (χ1n) is 13.4. The number of nitrogens with zero attached hydrogens (tertiary/aromatic N) is 6. The van der Waals surface area contributed by atoms with E-state index in [-0.39, 0.29) is 48.4 Å². The molecule has 0 bridgehead atoms. The molecule has 0 aromatic carbocycles. The van der Waals surface area contributed by atoms with E-state index in [9.17, 15) is 45.4 Å². The minimum absolute atomic E-state index is 0.0146. The third-order valence-electron chi connectivity index (χ3n) is 7.56. The predicted octanol–water partition coefficient (Wildman–Crippen LogP) is 3.72. The van der Waals surface area contributed by atoms with Gasteiger partial charge in [0.15, 0.2) is 17.6 Å². The lowest BCUT2D eigenvalue weighted by Crippen LogP contribution is -2.37. The van der Waals surface area contributed by atoms with Crippen molar-refractivity contribution in [3.8, 4) is 0 Å². The summed E-state index contributed by atoms with van der Waals surface area (Å²) in [5.74, 6) is -8.79. The third-order valence-corrected chi connectivity index (χ3v) is 7.56. The number of fused-ring (bicyclic) bond motifs is 1. The standard InChI is InChI=1S/C25H27F7N8O3/c26-23(27)4-1-13(2-5-23)20(37-22(43)16-10-34-40(38-16)11-15-8-24(15,28)29)17-12-39-18(35-17)7-14(9-33-39)21(42)36-19(41)3-6-25(30,31)32/h7,9-10,12-13,15,20-21,42H,1-6,8,11H2,(H,36,41)(H,37,43)/t15?,20-,21+/m0/s1. The number of hydrogen-bond acceptors (Lipinski definition) is 7. The Morgan fingerprint density at radius 3 is 2.44 bits per heavy atom. The summed E-state index contributed by atoms with van der Waals surface area (Å²) < 4.78 is 92.8. The summed E-state index contributed by atoms with van der Waals surface area (Å²) in [6.07, 6.45) is -5.77. The third kappa shape index (κ3) is 7.58. The Balaban J connectivity index is 1.33. The van der Waals surface area contributed by atoms with Crippen molar-refractivity contribution in [3.63, 3.8) is 0 Å². The molecule has 2 fully saturated rings. The van der Waals surface area contributed by atoms with Crippen molar-refractivity contribution in [3.05, 3.63) is 41.6 Å². The first-order valence-corrected chi connectivity index (χ1v) is 13.4. The van der Waals surface area contributed by atoms with Gasteiger partial charge in [-0.05, 0) is 24.8 Å². The number of halogens is 7. The van der Waals surface area contributed by atoms with E-state index in [1.807, 2.05) is 5.32 Å². The number of aliphatic hydroxyl groups is 1. The van der Waals surface area contributed by atoms with Gasteiger partial charge in [-0.2, -0.15) is 28.2 Å². The summed E-state index contributed by atoms with van der Waals surface area (Å²) in [5.41, 5.74) is 0.221. The molecule has 3 aromatic rings. The normalized spacial score (nSPS) is 21.3. The minimum Gasteiger partial charge on any atom is -0.369 e. The zero-order valence-electron chi connectivity index (χ0n) is 22.4. The summed E-state index contributed by atoms with van der Waals surface area (Å²) >= 11 is 0. The Hall–Kier alpha value is -3.83. The molecular formula is C25H27F7N8O3. The Labute approximate surface area is 238 Å². The Kier molecular flexibility index (Phi) is 8.08. The van der Waals surface area contributed by atoms with Crippen LogP contribution in [0.4, 0.5) is 30.7 Å². The van der Waals surface area contributed by atoms with Gasteiger partial charge in [-0.3, -0.25) is 9.59 Å². The average molecular weight is 621 g/mol. The quantitative estimate of drug-likeness (QED) is 0.232. The van der Waals surface area contributed by atoms with Gasteiger partial charge in [0.1, 0.15) is 0 Å². The molecule has 3 heterocycles. The van der Waals surface area contributed by atoms with Crippen LogP contribution in [0.1, 0.15) is 79.0 Å². The van der Waals surface area contributed by atoms with E-state index in [1.54, 1.807) is 0 Å². The fourth-order valence-corrected chi connectivity index (χ4v) is 4.97. The van der Waals surface area contributed by atoms with Gasteiger partial charge in [0, 0.05) is 37.2 Å². The fourth-order valence-electron chi connectivity index (χ4n) is 4.97. The lowest BCUT2D eigenvalue weighted by molar-refractivity contribution is -0.145. The fraction of sp³-hybridized carbons (Fsp3) is 0.600. The van der Waals surface area contributed by atoms with Gasteiger partial charge in [0.2, 0.25) is 11.8 Å². The van der Waals surface area contributed by atoms with Gasteiger partial charge in [-0.25, -0.2) is 27.1 Å². The van der Waals surface area contributed by atoms with Crippen LogP contribution in [0.2, 0.25) is 0 Å². The average Bonchev–Trinajstić information content (AvgIpc) is 3.28. The number of hydrogen-bond donors (Lipinski definition) is 3. The molecule has 234 valence electrons. The lowest BCUT2D eigenvalue weighted by atomic mass is 9.81. The largest absolute Gasteiger partial charge is 0.389 e. The molecular weight excluding hydrogens is 593 g/mol. The number of carbonyl (C=O) groups excluding carboxylic acids is 2. The van der Waals surface area contributed by atoms with Gasteiger partial charge < -0.3 is 15.7 Å². The highest BCUT2D eigenvalue weighted by Gasteiger charge is 2.57. The second-order valence-electron chi connectivity index (χ2n) is 10.9. The van der Waals surface area contributed by atoms with E-state index in [4.69, 9.17) is 0 Å². The maximum absolute atomic E-state index is 13.9. The monoisotopic (exact) mass is 620 g/mol. The highest BCUT2D eigenvalue weighted by molar-refractivity contribution is 5.92. The number of alkyl halides is 7. The molecule has 11 nitrogen and oxygen atoms in total. The van der Waals surface area contributed by atoms with E-state index < -0.39 is 79.6 Å². The van der Waals surface area contributed by atoms with Gasteiger partial charge >= 0.3 is 6.18 Å². The molecule has 0 radical (unpaired) electrons. The molecule has 18 heteroatoms. The number of nitrogens with one attached hydrogen (secondary N) is 2. The summed E-state index contributed by atoms with van der Waals surface area (Å²) in [6, 6.07) is 0.428. The molecule has 3 N–H and O–H groups in total. The SMILES string of the molecule is O=C(CCC(F)(F)F)N[C@H](O)c1cnn2cc([C@@H](NC(=O)c3cnn(CC4CC4(F)F)n3)C3CCC(F)(F)CC3)nc2c1. The van der Waals surface area contributed by atoms with Crippen molar-refractivity contribution in [2.45, 2.75) is 81.8 Å². The Bertz CT molecular complexity index is 1480. The minimum atomic E-state index is -4.54. The number of aromatic nitrogens is 6. The second-order valence-corrected chi connectivity index (χ2v) is 10.9. The van der Waals surface area contributed by atoms with E-state index >= 15 is 0 Å². The molecule has 5 rings (SSSR count). The molecule has 2 aliphatic carbocycles. The number of carbonyl (C=O) groups is 2. The van der Waals surface area contributed by atoms with Crippen LogP contribution in [0, 0.1) is 11.8 Å². The highest BCUT2D eigenvalue weighted by atomic mass is 19.4. The Morgan fingerprint density at radius 2 is 1.79 bits per heavy atom. The first-order chi connectivity index (χ1) is 20.1. The highest BCUT2D eigenvalue weighted by Crippen LogP contribution is 2.49. The molecule has 2 aliphatic rings. The second kappa shape index (κ2) is 11.3. The van der Waals surface area contributed by atoms with Gasteiger partial charge in [0.05, 0.1) is 43.3 Å². The van der Waals surface area contributed by atoms with Crippen molar-refractivity contribution in [2.75, 3.05) is 0 Å². The maximum Gasteiger partial charge on any atom is 0.389 e. The van der Waals surface area contributed by atoms with Crippen LogP contribution in [0.15, 0.2) is 24.7 Å². The molecule has 0 saturated heterocycles. The predicted molar refractivity (Wildman–Crippen MR) is 132 cm³/mol. The molecule has 2 saturated carbocycles. The van der Waals surface area contributed by atoms with Crippen molar-refractivity contribution >= 4 is 17.5 Å². The van der Waals surface area contributed by atoms with E-state index in [2.05, 4.69) is 25.6 Å². The molecule has 1 unspecified atom stereocenters. The molecule has 0 aliphatic heterocycles. The number of rotatable bonds is 10. The van der Waals surface area contributed by atoms with Crippen LogP contribution in [-0.4, -0.2) is 64.5 Å². The molecule has 0 spiro atoms.